The summed E-state index contributed by atoms with van der Waals surface area (Å²) in [5.74, 6) is -0.792. The summed E-state index contributed by atoms with van der Waals surface area (Å²) >= 11 is 2.01. The molecule has 0 amide bonds. The number of rotatable bonds is 9. The van der Waals surface area contributed by atoms with Crippen molar-refractivity contribution in [1.82, 2.24) is 29.3 Å². The Morgan fingerprint density at radius 1 is 0.506 bits per heavy atom. The van der Waals surface area contributed by atoms with E-state index in [1.54, 1.807) is 76.2 Å². The molecule has 3 aromatic heterocycles. The quantitative estimate of drug-likeness (QED) is 0.130. The number of thioether (sulfide) groups is 1. The Morgan fingerprint density at radius 3 is 1.37 bits per heavy atom. The van der Waals surface area contributed by atoms with Gasteiger partial charge in [0.2, 0.25) is 0 Å². The minimum atomic E-state index is -3.50. The van der Waals surface area contributed by atoms with Crippen LogP contribution >= 0.6 is 11.8 Å². The van der Waals surface area contributed by atoms with Crippen molar-refractivity contribution in [1.29, 1.82) is 0 Å². The van der Waals surface area contributed by atoms with Crippen LogP contribution in [0.1, 0.15) is 93.1 Å². The first kappa shape index (κ1) is 54.5. The van der Waals surface area contributed by atoms with E-state index in [1.165, 1.54) is 64.4 Å². The number of allylic oxidation sites excluding steroid dienone is 2. The van der Waals surface area contributed by atoms with Gasteiger partial charge < -0.3 is 0 Å². The normalized spacial score (nSPS) is 24.1. The molecule has 0 aliphatic heterocycles. The molecule has 6 aliphatic carbocycles. The minimum Gasteiger partial charge on any atom is -0.266 e. The monoisotopic (exact) mass is 1150 g/mol. The van der Waals surface area contributed by atoms with Gasteiger partial charge in [-0.1, -0.05) is 73.9 Å². The van der Waals surface area contributed by atoms with Crippen molar-refractivity contribution < 1.29 is 34.2 Å². The maximum atomic E-state index is 13.4. The van der Waals surface area contributed by atoms with Gasteiger partial charge in [0, 0.05) is 26.4 Å². The van der Waals surface area contributed by atoms with Crippen molar-refractivity contribution in [3.05, 3.63) is 220 Å². The van der Waals surface area contributed by atoms with Crippen molar-refractivity contribution in [3.63, 3.8) is 0 Å². The second kappa shape index (κ2) is 21.0. The van der Waals surface area contributed by atoms with E-state index in [2.05, 4.69) is 84.6 Å². The summed E-state index contributed by atoms with van der Waals surface area (Å²) in [7, 11) is -6.93. The lowest BCUT2D eigenvalue weighted by Crippen LogP contribution is -2.38. The molecular weight excluding hydrogens is 1090 g/mol. The van der Waals surface area contributed by atoms with Crippen LogP contribution in [0.15, 0.2) is 179 Å². The second-order valence-corrected chi connectivity index (χ2v) is 27.8. The van der Waals surface area contributed by atoms with Crippen LogP contribution in [0.2, 0.25) is 0 Å². The van der Waals surface area contributed by atoms with Gasteiger partial charge in [0.05, 0.1) is 75.2 Å². The van der Waals surface area contributed by atoms with Gasteiger partial charge in [0.1, 0.15) is 17.5 Å². The van der Waals surface area contributed by atoms with E-state index in [1.807, 2.05) is 34.9 Å². The van der Waals surface area contributed by atoms with E-state index in [4.69, 9.17) is 4.18 Å². The van der Waals surface area contributed by atoms with Gasteiger partial charge in [-0.3, -0.25) is 4.18 Å². The molecule has 0 N–H and O–H groups in total. The van der Waals surface area contributed by atoms with E-state index in [9.17, 15) is 30.0 Å². The third kappa shape index (κ3) is 10.3. The summed E-state index contributed by atoms with van der Waals surface area (Å²) in [5.41, 5.74) is 12.2. The van der Waals surface area contributed by atoms with Crippen molar-refractivity contribution in [2.75, 3.05) is 6.26 Å². The molecule has 14 rings (SSSR count). The van der Waals surface area contributed by atoms with Crippen LogP contribution in [-0.4, -0.2) is 69.0 Å². The molecule has 0 saturated heterocycles. The van der Waals surface area contributed by atoms with Crippen molar-refractivity contribution in [2.45, 2.75) is 105 Å². The number of halogens is 3. The average Bonchev–Trinajstić information content (AvgIpc) is 4.52. The largest absolute Gasteiger partial charge is 0.266 e. The van der Waals surface area contributed by atoms with Crippen molar-refractivity contribution in [2.24, 2.45) is 16.2 Å². The van der Waals surface area contributed by atoms with Crippen molar-refractivity contribution >= 4 is 49.9 Å². The highest BCUT2D eigenvalue weighted by Gasteiger charge is 2.52. The third-order valence-corrected chi connectivity index (χ3v) is 22.2. The van der Waals surface area contributed by atoms with Gasteiger partial charge in [0.15, 0.2) is 9.84 Å². The first-order valence-electron chi connectivity index (χ1n) is 27.3. The molecule has 3 saturated carbocycles. The van der Waals surface area contributed by atoms with Crippen LogP contribution in [0.3, 0.4) is 0 Å². The highest BCUT2D eigenvalue weighted by Crippen LogP contribution is 2.56. The van der Waals surface area contributed by atoms with E-state index in [0.29, 0.717) is 35.8 Å². The Bertz CT molecular complexity index is 4010. The minimum absolute atomic E-state index is 0.171. The predicted molar refractivity (Wildman–Crippen MR) is 311 cm³/mol. The lowest BCUT2D eigenvalue weighted by molar-refractivity contribution is 0.115. The lowest BCUT2D eigenvalue weighted by atomic mass is 9.74. The molecule has 0 radical (unpaired) electrons. The Hall–Kier alpha value is -7.05. The van der Waals surface area contributed by atoms with E-state index in [0.717, 1.165) is 82.8 Å². The molecule has 17 heteroatoms. The zero-order valence-corrected chi connectivity index (χ0v) is 47.8. The summed E-state index contributed by atoms with van der Waals surface area (Å²) in [6, 6.07) is 38.5. The summed E-state index contributed by atoms with van der Waals surface area (Å²) in [6.07, 6.45) is 20.4. The van der Waals surface area contributed by atoms with Crippen molar-refractivity contribution in [3.8, 4) is 17.1 Å². The van der Waals surface area contributed by atoms with Crippen LogP contribution < -0.4 is 0 Å². The molecule has 81 heavy (non-hydrogen) atoms. The molecule has 0 unspecified atom stereocenters. The maximum absolute atomic E-state index is 13.4. The smallest absolute Gasteiger partial charge is 0.264 e. The summed E-state index contributed by atoms with van der Waals surface area (Å²) < 4.78 is 101. The third-order valence-electron chi connectivity index (χ3n) is 17.6. The molecule has 6 aliphatic rings. The molecule has 3 heterocycles. The van der Waals surface area contributed by atoms with Crippen LogP contribution in [0.5, 0.6) is 0 Å². The van der Waals surface area contributed by atoms with Crippen LogP contribution in [0.25, 0.3) is 35.3 Å². The number of hydrogen-bond acceptors (Lipinski definition) is 9. The van der Waals surface area contributed by atoms with Gasteiger partial charge >= 0.3 is 0 Å². The standard InChI is InChI=1S/C23H21FN2O2S.C23H21FN2S.C18H19FN2O3S/c1-23-14-16-15-25-26(19-10-8-18(24)9-11-19)21(16)13-17(23)7-12-22(23)29(27,28)20-5-3-2-4-6-20;1-23-14-16-15-25-26(19-10-8-18(24)9-11-19)21(16)13-17(23)7-12-22(23)27-20-5-3-2-4-6-20;1-18-10-12-11-20-21(15-6-4-14(19)5-7-15)16(12)9-13(18)3-8-17(18)24-25(2,22)23/h2-6,8-11,13,15,22H,7,12,14H2,1H3;2-6,8-11,13,15,22H,7,12,14H2,1H3;4-7,9,11,17H,3,8,10H2,1-2H3/t2*22-,23+;17-,18-/m110/s1. The fourth-order valence-corrected chi connectivity index (χ4v) is 17.6. The number of fused-ring (bicyclic) bond motifs is 6. The molecular formula is C64H61F3N6O5S3. The Kier molecular flexibility index (Phi) is 14.2. The van der Waals surface area contributed by atoms with E-state index in [-0.39, 0.29) is 34.4 Å². The molecule has 11 nitrogen and oxygen atoms in total. The molecule has 416 valence electrons. The number of benzene rings is 5. The Labute approximate surface area is 475 Å². The average molecular weight is 1150 g/mol. The fraction of sp³-hybridized carbons (Fsp3) is 0.297. The zero-order valence-electron chi connectivity index (χ0n) is 45.3. The van der Waals surface area contributed by atoms with E-state index >= 15 is 0 Å². The summed E-state index contributed by atoms with van der Waals surface area (Å²) in [4.78, 5) is 1.73. The molecule has 0 spiro atoms. The Morgan fingerprint density at radius 2 is 0.901 bits per heavy atom. The highest BCUT2D eigenvalue weighted by atomic mass is 32.2. The molecule has 3 fully saturated rings. The first-order chi connectivity index (χ1) is 38.8. The number of sulfone groups is 1. The summed E-state index contributed by atoms with van der Waals surface area (Å²) in [5, 5.41) is 13.7. The summed E-state index contributed by atoms with van der Waals surface area (Å²) in [6.45, 7) is 6.53. The molecule has 5 aromatic carbocycles. The second-order valence-electron chi connectivity index (χ2n) is 22.8. The first-order valence-corrected chi connectivity index (χ1v) is 31.5. The zero-order chi connectivity index (χ0) is 56.5. The maximum Gasteiger partial charge on any atom is 0.264 e. The SMILES string of the molecule is C[C@]12Cc3cnn(-c4ccc(F)cc4)c3C=C1CC[C@@H]2OS(C)(=O)=O.C[C@]12Cc3cnn(-c4ccc(F)cc4)c3C=C1CC[C@H]2S(=O)(=O)c1ccccc1.C[C@]12Cc3cnn(-c4ccc(F)cc4)c3C=C1CC[C@H]2Sc1ccccc1. The van der Waals surface area contributed by atoms with E-state index < -0.39 is 30.6 Å². The Balaban J connectivity index is 0.000000121. The van der Waals surface area contributed by atoms with Crippen LogP contribution in [-0.2, 0) is 43.4 Å². The van der Waals surface area contributed by atoms with Gasteiger partial charge in [-0.05, 0) is 190 Å². The number of hydrogen-bond donors (Lipinski definition) is 0. The van der Waals surface area contributed by atoms with Gasteiger partial charge in [0.25, 0.3) is 10.1 Å². The fourth-order valence-electron chi connectivity index (χ4n) is 13.3. The number of aromatic nitrogens is 6. The lowest BCUT2D eigenvalue weighted by Gasteiger charge is -2.35. The highest BCUT2D eigenvalue weighted by molar-refractivity contribution is 8.00. The van der Waals surface area contributed by atoms with Gasteiger partial charge in [-0.15, -0.1) is 11.8 Å². The molecule has 6 atom stereocenters. The van der Waals surface area contributed by atoms with Gasteiger partial charge in [-0.25, -0.2) is 35.6 Å². The predicted octanol–water partition coefficient (Wildman–Crippen LogP) is 13.6. The molecule has 0 bridgehead atoms. The van der Waals surface area contributed by atoms with Crippen LogP contribution in [0, 0.1) is 33.7 Å². The topological polar surface area (TPSA) is 131 Å². The molecule has 8 aromatic rings. The van der Waals surface area contributed by atoms with Gasteiger partial charge in [-0.2, -0.15) is 23.7 Å². The van der Waals surface area contributed by atoms with Crippen LogP contribution in [0.4, 0.5) is 13.2 Å². The number of nitrogens with zero attached hydrogens (tertiary/aromatic N) is 6.